The third-order valence-electron chi connectivity index (χ3n) is 7.94. The van der Waals surface area contributed by atoms with Crippen LogP contribution in [-0.4, -0.2) is 67.6 Å². The van der Waals surface area contributed by atoms with Crippen LogP contribution in [0.15, 0.2) is 52.8 Å². The van der Waals surface area contributed by atoms with Crippen molar-refractivity contribution in [2.24, 2.45) is 0 Å². The molecule has 3 aliphatic rings. The highest BCUT2D eigenvalue weighted by Crippen LogP contribution is 2.47. The molecule has 2 aromatic heterocycles. The first-order valence-electron chi connectivity index (χ1n) is 13.4. The topological polar surface area (TPSA) is 109 Å². The Labute approximate surface area is 258 Å². The first kappa shape index (κ1) is 29.9. The van der Waals surface area contributed by atoms with Gasteiger partial charge in [-0.05, 0) is 29.7 Å². The van der Waals surface area contributed by atoms with Crippen molar-refractivity contribution in [2.75, 3.05) is 39.3 Å². The van der Waals surface area contributed by atoms with Crippen LogP contribution in [0, 0.1) is 11.6 Å². The van der Waals surface area contributed by atoms with E-state index in [9.17, 15) is 18.8 Å². The predicted octanol–water partition coefficient (Wildman–Crippen LogP) is 4.60. The number of amides is 1. The van der Waals surface area contributed by atoms with Crippen molar-refractivity contribution in [3.63, 3.8) is 0 Å². The number of nitrogens with zero attached hydrogens (tertiary/aromatic N) is 3. The van der Waals surface area contributed by atoms with E-state index in [0.29, 0.717) is 22.7 Å². The standard InChI is InChI=1S/C29H26ClF2N3O8S/c1-39-16-12-29(13-16)8-3-10-41-24-17(4-5-19(31)21(24)32)22(26-18(30)7-11-44-26)35-14-33(29)27(37)23-25(20(36)6-9-34(23)35)42-15-43-28(38)40-2/h3-9,11,16,22H,10,12-15H2,1-2H3/b8-3+. The maximum Gasteiger partial charge on any atom is 0.510 e. The predicted molar refractivity (Wildman–Crippen MR) is 154 cm³/mol. The number of carbonyl (C=O) groups excluding carboxylic acids is 2. The Bertz CT molecular complexity index is 1710. The van der Waals surface area contributed by atoms with Crippen molar-refractivity contribution in [3.8, 4) is 11.5 Å². The number of aromatic nitrogens is 1. The molecule has 1 spiro atoms. The number of thiophene rings is 1. The zero-order valence-corrected chi connectivity index (χ0v) is 25.0. The van der Waals surface area contributed by atoms with Gasteiger partial charge < -0.3 is 28.6 Å². The van der Waals surface area contributed by atoms with Gasteiger partial charge in [0.2, 0.25) is 23.8 Å². The van der Waals surface area contributed by atoms with Gasteiger partial charge in [-0.1, -0.05) is 17.7 Å². The van der Waals surface area contributed by atoms with Crippen LogP contribution >= 0.6 is 22.9 Å². The van der Waals surface area contributed by atoms with E-state index in [1.165, 1.54) is 34.3 Å². The van der Waals surface area contributed by atoms with Gasteiger partial charge in [0.05, 0.1) is 28.7 Å². The van der Waals surface area contributed by atoms with Crippen LogP contribution in [0.4, 0.5) is 13.6 Å². The Hall–Kier alpha value is -4.14. The largest absolute Gasteiger partial charge is 0.510 e. The van der Waals surface area contributed by atoms with Crippen LogP contribution < -0.4 is 19.9 Å². The summed E-state index contributed by atoms with van der Waals surface area (Å²) in [5.41, 5.74) is -1.48. The van der Waals surface area contributed by atoms with Gasteiger partial charge in [0.15, 0.2) is 17.3 Å². The lowest BCUT2D eigenvalue weighted by Crippen LogP contribution is -2.67. The first-order chi connectivity index (χ1) is 21.2. The molecule has 1 amide bonds. The molecule has 0 radical (unpaired) electrons. The van der Waals surface area contributed by atoms with Crippen molar-refractivity contribution in [3.05, 3.63) is 91.0 Å². The molecule has 1 aromatic carbocycles. The molecule has 0 saturated heterocycles. The molecular formula is C29H26ClF2N3O8S. The highest BCUT2D eigenvalue weighted by Gasteiger charge is 2.53. The van der Waals surface area contributed by atoms with Gasteiger partial charge >= 0.3 is 6.16 Å². The smallest absolute Gasteiger partial charge is 0.486 e. The van der Waals surface area contributed by atoms with E-state index >= 15 is 4.39 Å². The third-order valence-corrected chi connectivity index (χ3v) is 9.35. The zero-order chi connectivity index (χ0) is 31.2. The number of halogens is 3. The van der Waals surface area contributed by atoms with Gasteiger partial charge in [0.1, 0.15) is 19.3 Å². The summed E-state index contributed by atoms with van der Waals surface area (Å²) in [5.74, 6) is -3.53. The summed E-state index contributed by atoms with van der Waals surface area (Å²) >= 11 is 7.94. The van der Waals surface area contributed by atoms with E-state index < -0.39 is 47.5 Å². The summed E-state index contributed by atoms with van der Waals surface area (Å²) in [4.78, 5) is 41.2. The molecule has 6 rings (SSSR count). The molecule has 15 heteroatoms. The van der Waals surface area contributed by atoms with Crippen LogP contribution in [0.5, 0.6) is 11.5 Å². The first-order valence-corrected chi connectivity index (χ1v) is 14.7. The summed E-state index contributed by atoms with van der Waals surface area (Å²) in [6.45, 7) is -0.904. The Morgan fingerprint density at radius 1 is 1.18 bits per heavy atom. The fourth-order valence-electron chi connectivity index (χ4n) is 5.79. The Balaban J connectivity index is 1.60. The number of ether oxygens (including phenoxy) is 5. The number of benzene rings is 1. The molecule has 1 saturated carbocycles. The molecule has 1 fully saturated rings. The number of methoxy groups -OCH3 is 2. The molecule has 4 heterocycles. The van der Waals surface area contributed by atoms with E-state index in [4.69, 9.17) is 30.5 Å². The lowest BCUT2D eigenvalue weighted by Gasteiger charge is -2.55. The summed E-state index contributed by atoms with van der Waals surface area (Å²) in [6, 6.07) is 4.32. The fourth-order valence-corrected chi connectivity index (χ4v) is 7.08. The number of pyridine rings is 1. The highest BCUT2D eigenvalue weighted by atomic mass is 35.5. The van der Waals surface area contributed by atoms with Gasteiger partial charge in [-0.2, -0.15) is 4.39 Å². The van der Waals surface area contributed by atoms with Crippen LogP contribution in [0.3, 0.4) is 0 Å². The summed E-state index contributed by atoms with van der Waals surface area (Å²) in [7, 11) is 2.68. The molecule has 232 valence electrons. The van der Waals surface area contributed by atoms with Gasteiger partial charge in [-0.25, -0.2) is 9.18 Å². The molecule has 3 aromatic rings. The van der Waals surface area contributed by atoms with Crippen molar-refractivity contribution >= 4 is 35.0 Å². The van der Waals surface area contributed by atoms with E-state index in [1.807, 2.05) is 0 Å². The maximum absolute atomic E-state index is 15.4. The second-order valence-corrected chi connectivity index (χ2v) is 11.6. The average molecular weight is 650 g/mol. The molecule has 44 heavy (non-hydrogen) atoms. The Morgan fingerprint density at radius 2 is 1.98 bits per heavy atom. The van der Waals surface area contributed by atoms with Crippen LogP contribution in [0.2, 0.25) is 5.02 Å². The van der Waals surface area contributed by atoms with Crippen LogP contribution in [0.25, 0.3) is 0 Å². The zero-order valence-electron chi connectivity index (χ0n) is 23.5. The van der Waals surface area contributed by atoms with Crippen LogP contribution in [-0.2, 0) is 14.2 Å². The quantitative estimate of drug-likeness (QED) is 0.223. The molecule has 1 atom stereocenters. The summed E-state index contributed by atoms with van der Waals surface area (Å²) in [5, 5.41) is 3.79. The number of rotatable bonds is 5. The Morgan fingerprint density at radius 3 is 2.68 bits per heavy atom. The molecule has 2 bridgehead atoms. The van der Waals surface area contributed by atoms with Gasteiger partial charge in [-0.15, -0.1) is 11.3 Å². The average Bonchev–Trinajstić information content (AvgIpc) is 3.41. The van der Waals surface area contributed by atoms with E-state index in [0.717, 1.165) is 13.2 Å². The molecule has 1 aliphatic carbocycles. The minimum Gasteiger partial charge on any atom is -0.486 e. The minimum atomic E-state index is -1.18. The maximum atomic E-state index is 15.4. The van der Waals surface area contributed by atoms with E-state index in [-0.39, 0.29) is 42.1 Å². The summed E-state index contributed by atoms with van der Waals surface area (Å²) < 4.78 is 57.7. The number of hydrogen-bond donors (Lipinski definition) is 0. The lowest BCUT2D eigenvalue weighted by molar-refractivity contribution is -0.0603. The van der Waals surface area contributed by atoms with Crippen molar-refractivity contribution in [1.82, 2.24) is 9.58 Å². The van der Waals surface area contributed by atoms with Gasteiger partial charge in [-0.3, -0.25) is 19.3 Å². The van der Waals surface area contributed by atoms with Crippen molar-refractivity contribution in [1.29, 1.82) is 0 Å². The lowest BCUT2D eigenvalue weighted by atomic mass is 9.72. The fraction of sp³-hybridized carbons (Fsp3) is 0.345. The summed E-state index contributed by atoms with van der Waals surface area (Å²) in [6.07, 6.45) is 4.43. The third kappa shape index (κ3) is 4.96. The number of carbonyl (C=O) groups is 2. The minimum absolute atomic E-state index is 0.0646. The molecule has 0 N–H and O–H groups in total. The molecule has 1 unspecified atom stereocenters. The van der Waals surface area contributed by atoms with Crippen molar-refractivity contribution < 1.29 is 42.1 Å². The monoisotopic (exact) mass is 649 g/mol. The SMILES string of the molecule is COC(=O)OCOc1c2n(ccc1=O)N1CN(C2=O)C2(/C=C/COc3c(ccc(F)c3F)C1c1sccc1Cl)CC(OC)C2. The second-order valence-electron chi connectivity index (χ2n) is 10.3. The highest BCUT2D eigenvalue weighted by molar-refractivity contribution is 7.10. The van der Waals surface area contributed by atoms with E-state index in [1.54, 1.807) is 40.6 Å². The normalized spacial score (nSPS) is 23.1. The molecule has 2 aliphatic heterocycles. The van der Waals surface area contributed by atoms with E-state index in [2.05, 4.69) is 4.74 Å². The Kier molecular flexibility index (Phi) is 7.99. The number of fused-ring (bicyclic) bond motifs is 6. The second kappa shape index (κ2) is 11.7. The van der Waals surface area contributed by atoms with Crippen LogP contribution in [0.1, 0.15) is 39.8 Å². The molecule has 11 nitrogen and oxygen atoms in total. The van der Waals surface area contributed by atoms with Gasteiger partial charge in [0, 0.05) is 37.8 Å². The van der Waals surface area contributed by atoms with Crippen molar-refractivity contribution in [2.45, 2.75) is 30.5 Å². The molecular weight excluding hydrogens is 624 g/mol. The van der Waals surface area contributed by atoms with Gasteiger partial charge in [0.25, 0.3) is 5.91 Å². The number of hydrogen-bond acceptors (Lipinski definition) is 10.